The molecule has 0 unspecified atom stereocenters. The molecule has 0 fully saturated rings. The number of nitriles is 1. The van der Waals surface area contributed by atoms with E-state index in [0.717, 1.165) is 5.56 Å². The van der Waals surface area contributed by atoms with Gasteiger partial charge in [-0.15, -0.1) is 0 Å². The van der Waals surface area contributed by atoms with Gasteiger partial charge in [-0.3, -0.25) is 4.79 Å². The van der Waals surface area contributed by atoms with Gasteiger partial charge in [0.2, 0.25) is 5.91 Å². The van der Waals surface area contributed by atoms with Crippen LogP contribution in [0.2, 0.25) is 10.0 Å². The Morgan fingerprint density at radius 3 is 2.52 bits per heavy atom. The maximum Gasteiger partial charge on any atom is 0.224 e. The zero-order valence-corrected chi connectivity index (χ0v) is 12.6. The van der Waals surface area contributed by atoms with E-state index < -0.39 is 0 Å². The lowest BCUT2D eigenvalue weighted by Crippen LogP contribution is -2.12. The minimum Gasteiger partial charge on any atom is -0.325 e. The Kier molecular flexibility index (Phi) is 5.21. The highest BCUT2D eigenvalue weighted by atomic mass is 35.5. The molecule has 0 aromatic heterocycles. The Morgan fingerprint density at radius 1 is 1.14 bits per heavy atom. The molecule has 0 bridgehead atoms. The van der Waals surface area contributed by atoms with Crippen LogP contribution in [0.5, 0.6) is 0 Å². The number of benzene rings is 2. The van der Waals surface area contributed by atoms with Crippen molar-refractivity contribution in [2.45, 2.75) is 12.8 Å². The van der Waals surface area contributed by atoms with Crippen LogP contribution in [-0.4, -0.2) is 5.91 Å². The average Bonchev–Trinajstić information content (AvgIpc) is 2.50. The molecule has 106 valence electrons. The predicted molar refractivity (Wildman–Crippen MR) is 84.6 cm³/mol. The van der Waals surface area contributed by atoms with Crippen LogP contribution in [0.25, 0.3) is 0 Å². The number of aryl methyl sites for hydroxylation is 1. The first-order valence-corrected chi connectivity index (χ1v) is 7.08. The second-order valence-corrected chi connectivity index (χ2v) is 5.24. The van der Waals surface area contributed by atoms with Crippen LogP contribution in [0.15, 0.2) is 42.5 Å². The van der Waals surface area contributed by atoms with Gasteiger partial charge in [-0.1, -0.05) is 41.4 Å². The molecule has 3 nitrogen and oxygen atoms in total. The van der Waals surface area contributed by atoms with E-state index in [-0.39, 0.29) is 5.91 Å². The fourth-order valence-corrected chi connectivity index (χ4v) is 2.16. The van der Waals surface area contributed by atoms with Gasteiger partial charge in [-0.2, -0.15) is 5.26 Å². The lowest BCUT2D eigenvalue weighted by atomic mass is 10.1. The van der Waals surface area contributed by atoms with Crippen LogP contribution in [0.4, 0.5) is 5.69 Å². The maximum absolute atomic E-state index is 11.9. The highest BCUT2D eigenvalue weighted by Crippen LogP contribution is 2.29. The van der Waals surface area contributed by atoms with Gasteiger partial charge in [0, 0.05) is 6.42 Å². The van der Waals surface area contributed by atoms with Crippen molar-refractivity contribution in [1.29, 1.82) is 5.26 Å². The van der Waals surface area contributed by atoms with Gasteiger partial charge < -0.3 is 5.32 Å². The number of nitrogens with one attached hydrogen (secondary N) is 1. The number of rotatable bonds is 4. The van der Waals surface area contributed by atoms with Crippen molar-refractivity contribution in [3.05, 3.63) is 63.6 Å². The zero-order valence-electron chi connectivity index (χ0n) is 11.1. The summed E-state index contributed by atoms with van der Waals surface area (Å²) in [5, 5.41) is 12.2. The summed E-state index contributed by atoms with van der Waals surface area (Å²) in [6.07, 6.45) is 0.921. The van der Waals surface area contributed by atoms with Crippen LogP contribution in [0.1, 0.15) is 17.5 Å². The van der Waals surface area contributed by atoms with E-state index in [2.05, 4.69) is 11.4 Å². The fraction of sp³-hybridized carbons (Fsp3) is 0.125. The fourth-order valence-electron chi connectivity index (χ4n) is 1.82. The zero-order chi connectivity index (χ0) is 15.2. The Morgan fingerprint density at radius 2 is 1.86 bits per heavy atom. The SMILES string of the molecule is N#Cc1ccc(CCC(=O)Nc2cccc(Cl)c2Cl)cc1. The number of carbonyl (C=O) groups is 1. The van der Waals surface area contributed by atoms with Crippen LogP contribution >= 0.6 is 23.2 Å². The van der Waals surface area contributed by atoms with Gasteiger partial charge in [0.25, 0.3) is 0 Å². The van der Waals surface area contributed by atoms with Crippen LogP contribution in [0.3, 0.4) is 0 Å². The molecule has 1 amide bonds. The molecule has 0 saturated carbocycles. The Bertz CT molecular complexity index is 690. The van der Waals surface area contributed by atoms with Crippen LogP contribution in [0, 0.1) is 11.3 Å². The largest absolute Gasteiger partial charge is 0.325 e. The number of hydrogen-bond donors (Lipinski definition) is 1. The first-order valence-electron chi connectivity index (χ1n) is 6.33. The van der Waals surface area contributed by atoms with E-state index in [1.807, 2.05) is 12.1 Å². The summed E-state index contributed by atoms with van der Waals surface area (Å²) in [6.45, 7) is 0. The molecule has 0 spiro atoms. The van der Waals surface area contributed by atoms with E-state index >= 15 is 0 Å². The molecule has 0 aliphatic carbocycles. The third-order valence-corrected chi connectivity index (χ3v) is 3.77. The molecular formula is C16H12Cl2N2O. The molecule has 0 aliphatic rings. The number of nitrogens with zero attached hydrogens (tertiary/aromatic N) is 1. The Hall–Kier alpha value is -2.02. The summed E-state index contributed by atoms with van der Waals surface area (Å²) in [6, 6.07) is 14.3. The molecule has 1 N–H and O–H groups in total. The number of halogens is 2. The molecule has 0 heterocycles. The number of carbonyl (C=O) groups excluding carboxylic acids is 1. The van der Waals surface area contributed by atoms with Crippen molar-refractivity contribution in [1.82, 2.24) is 0 Å². The van der Waals surface area contributed by atoms with E-state index in [0.29, 0.717) is 34.1 Å². The molecule has 5 heteroatoms. The second-order valence-electron chi connectivity index (χ2n) is 4.46. The lowest BCUT2D eigenvalue weighted by molar-refractivity contribution is -0.116. The summed E-state index contributed by atoms with van der Waals surface area (Å²) in [5.74, 6) is -0.136. The molecule has 0 aliphatic heterocycles. The second kappa shape index (κ2) is 7.12. The summed E-state index contributed by atoms with van der Waals surface area (Å²) >= 11 is 11.9. The van der Waals surface area contributed by atoms with Crippen molar-refractivity contribution >= 4 is 34.8 Å². The maximum atomic E-state index is 11.9. The molecular weight excluding hydrogens is 307 g/mol. The van der Waals surface area contributed by atoms with Gasteiger partial charge in [0.1, 0.15) is 0 Å². The minimum atomic E-state index is -0.136. The van der Waals surface area contributed by atoms with Gasteiger partial charge in [0.05, 0.1) is 27.4 Å². The standard InChI is InChI=1S/C16H12Cl2N2O/c17-13-2-1-3-14(16(13)18)20-15(21)9-8-11-4-6-12(10-19)7-5-11/h1-7H,8-9H2,(H,20,21). The molecule has 2 aromatic rings. The molecule has 2 rings (SSSR count). The van der Waals surface area contributed by atoms with Crippen molar-refractivity contribution < 1.29 is 4.79 Å². The van der Waals surface area contributed by atoms with E-state index in [9.17, 15) is 4.79 Å². The quantitative estimate of drug-likeness (QED) is 0.906. The first kappa shape index (κ1) is 15.4. The minimum absolute atomic E-state index is 0.136. The summed E-state index contributed by atoms with van der Waals surface area (Å²) in [4.78, 5) is 11.9. The van der Waals surface area contributed by atoms with E-state index in [1.54, 1.807) is 30.3 Å². The van der Waals surface area contributed by atoms with Crippen molar-refractivity contribution in [2.24, 2.45) is 0 Å². The highest BCUT2D eigenvalue weighted by Gasteiger charge is 2.08. The molecule has 0 atom stereocenters. The monoisotopic (exact) mass is 318 g/mol. The van der Waals surface area contributed by atoms with E-state index in [4.69, 9.17) is 28.5 Å². The molecule has 21 heavy (non-hydrogen) atoms. The topological polar surface area (TPSA) is 52.9 Å². The summed E-state index contributed by atoms with van der Waals surface area (Å²) in [7, 11) is 0. The number of anilines is 1. The molecule has 2 aromatic carbocycles. The Labute approximate surface area is 133 Å². The molecule has 0 saturated heterocycles. The average molecular weight is 319 g/mol. The van der Waals surface area contributed by atoms with Crippen LogP contribution in [-0.2, 0) is 11.2 Å². The van der Waals surface area contributed by atoms with Gasteiger partial charge >= 0.3 is 0 Å². The highest BCUT2D eigenvalue weighted by molar-refractivity contribution is 6.43. The lowest BCUT2D eigenvalue weighted by Gasteiger charge is -2.08. The van der Waals surface area contributed by atoms with E-state index in [1.165, 1.54) is 0 Å². The number of hydrogen-bond acceptors (Lipinski definition) is 2. The first-order chi connectivity index (χ1) is 10.1. The molecule has 0 radical (unpaired) electrons. The van der Waals surface area contributed by atoms with Crippen molar-refractivity contribution in [2.75, 3.05) is 5.32 Å². The summed E-state index contributed by atoms with van der Waals surface area (Å²) in [5.41, 5.74) is 2.12. The summed E-state index contributed by atoms with van der Waals surface area (Å²) < 4.78 is 0. The van der Waals surface area contributed by atoms with Gasteiger partial charge in [-0.05, 0) is 36.2 Å². The van der Waals surface area contributed by atoms with Gasteiger partial charge in [0.15, 0.2) is 0 Å². The third-order valence-electron chi connectivity index (χ3n) is 2.95. The van der Waals surface area contributed by atoms with Crippen molar-refractivity contribution in [3.63, 3.8) is 0 Å². The predicted octanol–water partition coefficient (Wildman–Crippen LogP) is 4.44. The number of amides is 1. The smallest absolute Gasteiger partial charge is 0.224 e. The van der Waals surface area contributed by atoms with Crippen molar-refractivity contribution in [3.8, 4) is 6.07 Å². The normalized spacial score (nSPS) is 9.95. The van der Waals surface area contributed by atoms with Gasteiger partial charge in [-0.25, -0.2) is 0 Å². The Balaban J connectivity index is 1.93. The third kappa shape index (κ3) is 4.22. The van der Waals surface area contributed by atoms with Crippen LogP contribution < -0.4 is 5.32 Å².